The fraction of sp³-hybridized carbons (Fsp3) is 0.524. The number of fused-ring (bicyclic) bond motifs is 1. The molecule has 1 aliphatic carbocycles. The molecule has 138 valence electrons. The number of nitrogens with zero attached hydrogens (tertiary/aromatic N) is 3. The quantitative estimate of drug-likeness (QED) is 0.792. The first-order valence-corrected chi connectivity index (χ1v) is 9.78. The van der Waals surface area contributed by atoms with Crippen molar-refractivity contribution in [3.63, 3.8) is 0 Å². The topological polar surface area (TPSA) is 46.8 Å². The number of amides is 1. The molecule has 1 amide bonds. The van der Waals surface area contributed by atoms with Crippen molar-refractivity contribution in [1.82, 2.24) is 9.47 Å². The van der Waals surface area contributed by atoms with Crippen molar-refractivity contribution in [2.75, 3.05) is 26.3 Å². The van der Waals surface area contributed by atoms with Crippen molar-refractivity contribution >= 4 is 23.0 Å². The van der Waals surface area contributed by atoms with Gasteiger partial charge in [0.05, 0.1) is 13.2 Å². The average Bonchev–Trinajstić information content (AvgIpc) is 3.05. The Hall–Kier alpha value is -2.14. The molecule has 0 radical (unpaired) electrons. The fourth-order valence-corrected chi connectivity index (χ4v) is 3.98. The van der Waals surface area contributed by atoms with Crippen LogP contribution in [0.1, 0.15) is 37.7 Å². The fourth-order valence-electron chi connectivity index (χ4n) is 3.98. The number of aliphatic imine (C=N–C) groups is 1. The highest BCUT2D eigenvalue weighted by Crippen LogP contribution is 2.23. The number of ether oxygens (including phenoxy) is 1. The highest BCUT2D eigenvalue weighted by molar-refractivity contribution is 6.00. The van der Waals surface area contributed by atoms with Crippen LogP contribution in [0.15, 0.2) is 35.5 Å². The Morgan fingerprint density at radius 3 is 2.73 bits per heavy atom. The molecule has 1 saturated heterocycles. The Morgan fingerprint density at radius 2 is 1.92 bits per heavy atom. The Labute approximate surface area is 154 Å². The monoisotopic (exact) mass is 353 g/mol. The van der Waals surface area contributed by atoms with Crippen molar-refractivity contribution in [3.8, 4) is 0 Å². The summed E-state index contributed by atoms with van der Waals surface area (Å²) in [4.78, 5) is 19.4. The lowest BCUT2D eigenvalue weighted by atomic mass is 9.96. The minimum absolute atomic E-state index is 0.157. The van der Waals surface area contributed by atoms with E-state index in [9.17, 15) is 4.79 Å². The average molecular weight is 353 g/mol. The van der Waals surface area contributed by atoms with E-state index in [0.717, 1.165) is 11.1 Å². The Kier molecular flexibility index (Phi) is 5.34. The van der Waals surface area contributed by atoms with Crippen LogP contribution in [0.3, 0.4) is 0 Å². The van der Waals surface area contributed by atoms with Gasteiger partial charge in [0.2, 0.25) is 5.91 Å². The molecule has 0 bridgehead atoms. The second kappa shape index (κ2) is 8.04. The van der Waals surface area contributed by atoms with Gasteiger partial charge >= 0.3 is 0 Å². The maximum absolute atomic E-state index is 12.6. The lowest BCUT2D eigenvalue weighted by Crippen LogP contribution is -2.42. The van der Waals surface area contributed by atoms with Crippen molar-refractivity contribution < 1.29 is 9.53 Å². The second-order valence-electron chi connectivity index (χ2n) is 7.29. The molecule has 4 rings (SSSR count). The summed E-state index contributed by atoms with van der Waals surface area (Å²) in [5.74, 6) is 0.157. The first-order chi connectivity index (χ1) is 12.8. The molecule has 26 heavy (non-hydrogen) atoms. The summed E-state index contributed by atoms with van der Waals surface area (Å²) in [5.41, 5.74) is 2.21. The second-order valence-corrected chi connectivity index (χ2v) is 7.29. The number of benzene rings is 1. The van der Waals surface area contributed by atoms with Gasteiger partial charge in [-0.3, -0.25) is 9.79 Å². The number of morpholine rings is 1. The lowest BCUT2D eigenvalue weighted by molar-refractivity contribution is -0.135. The number of carbonyl (C=O) groups excluding carboxylic acids is 1. The molecule has 1 aliphatic heterocycles. The smallest absolute Gasteiger partial charge is 0.242 e. The molecule has 0 N–H and O–H groups in total. The van der Waals surface area contributed by atoms with Crippen LogP contribution < -0.4 is 0 Å². The molecule has 0 spiro atoms. The Balaban J connectivity index is 1.55. The van der Waals surface area contributed by atoms with E-state index in [1.54, 1.807) is 0 Å². The van der Waals surface area contributed by atoms with Gasteiger partial charge in [-0.1, -0.05) is 37.5 Å². The molecule has 5 heteroatoms. The first kappa shape index (κ1) is 17.3. The zero-order valence-corrected chi connectivity index (χ0v) is 15.3. The highest BCUT2D eigenvalue weighted by Gasteiger charge is 2.18. The molecule has 1 saturated carbocycles. The molecule has 5 nitrogen and oxygen atoms in total. The van der Waals surface area contributed by atoms with Crippen LogP contribution in [0.2, 0.25) is 0 Å². The van der Waals surface area contributed by atoms with Gasteiger partial charge in [0.15, 0.2) is 0 Å². The summed E-state index contributed by atoms with van der Waals surface area (Å²) in [6.07, 6.45) is 10.4. The number of hydrogen-bond donors (Lipinski definition) is 0. The number of para-hydroxylation sites is 1. The van der Waals surface area contributed by atoms with E-state index in [2.05, 4.69) is 29.0 Å². The highest BCUT2D eigenvalue weighted by atomic mass is 16.5. The van der Waals surface area contributed by atoms with Crippen LogP contribution in [0.5, 0.6) is 0 Å². The normalized spacial score (nSPS) is 19.5. The van der Waals surface area contributed by atoms with Gasteiger partial charge in [0.1, 0.15) is 6.54 Å². The van der Waals surface area contributed by atoms with E-state index in [4.69, 9.17) is 9.73 Å². The van der Waals surface area contributed by atoms with Crippen LogP contribution in [-0.4, -0.2) is 53.9 Å². The SMILES string of the molecule is O=C(Cn1cc(C=NC2CCCCC2)c2ccccc21)N1CCOCC1. The molecule has 1 aromatic carbocycles. The minimum atomic E-state index is 0.157. The van der Waals surface area contributed by atoms with Crippen molar-refractivity contribution in [2.45, 2.75) is 44.7 Å². The van der Waals surface area contributed by atoms with Crippen molar-refractivity contribution in [3.05, 3.63) is 36.0 Å². The van der Waals surface area contributed by atoms with Gasteiger partial charge < -0.3 is 14.2 Å². The van der Waals surface area contributed by atoms with Crippen molar-refractivity contribution in [1.29, 1.82) is 0 Å². The molecule has 0 unspecified atom stereocenters. The predicted octanol–water partition coefficient (Wildman–Crippen LogP) is 3.25. The zero-order valence-electron chi connectivity index (χ0n) is 15.3. The molecular weight excluding hydrogens is 326 g/mol. The third kappa shape index (κ3) is 3.83. The maximum Gasteiger partial charge on any atom is 0.242 e. The standard InChI is InChI=1S/C21H27N3O2/c25-21(23-10-12-26-13-11-23)16-24-15-17(19-8-4-5-9-20(19)24)14-22-18-6-2-1-3-7-18/h4-5,8-9,14-15,18H,1-3,6-7,10-13,16H2. The summed E-state index contributed by atoms with van der Waals surface area (Å²) < 4.78 is 7.41. The van der Waals surface area contributed by atoms with Crippen LogP contribution in [0.4, 0.5) is 0 Å². The number of aromatic nitrogens is 1. The summed E-state index contributed by atoms with van der Waals surface area (Å²) in [6, 6.07) is 8.74. The zero-order chi connectivity index (χ0) is 17.8. The molecule has 2 aromatic rings. The Bertz CT molecular complexity index is 784. The third-order valence-corrected chi connectivity index (χ3v) is 5.49. The summed E-state index contributed by atoms with van der Waals surface area (Å²) >= 11 is 0. The number of hydrogen-bond acceptors (Lipinski definition) is 3. The van der Waals surface area contributed by atoms with Gasteiger partial charge in [-0.05, 0) is 18.9 Å². The van der Waals surface area contributed by atoms with Gasteiger partial charge in [-0.25, -0.2) is 0 Å². The van der Waals surface area contributed by atoms with Crippen molar-refractivity contribution in [2.24, 2.45) is 4.99 Å². The van der Waals surface area contributed by atoms with Crippen LogP contribution in [-0.2, 0) is 16.1 Å². The molecule has 2 fully saturated rings. The van der Waals surface area contributed by atoms with E-state index in [0.29, 0.717) is 38.9 Å². The molecule has 1 aromatic heterocycles. The van der Waals surface area contributed by atoms with Gasteiger partial charge in [0, 0.05) is 48.0 Å². The summed E-state index contributed by atoms with van der Waals surface area (Å²) in [5, 5.41) is 1.17. The van der Waals surface area contributed by atoms with Crippen LogP contribution >= 0.6 is 0 Å². The molecule has 2 heterocycles. The lowest BCUT2D eigenvalue weighted by Gasteiger charge is -2.27. The first-order valence-electron chi connectivity index (χ1n) is 9.78. The number of rotatable bonds is 4. The Morgan fingerprint density at radius 1 is 1.15 bits per heavy atom. The van der Waals surface area contributed by atoms with E-state index < -0.39 is 0 Å². The molecule has 2 aliphatic rings. The van der Waals surface area contributed by atoms with Crippen LogP contribution in [0, 0.1) is 0 Å². The van der Waals surface area contributed by atoms with E-state index in [1.165, 1.54) is 37.5 Å². The van der Waals surface area contributed by atoms with Gasteiger partial charge in [0.25, 0.3) is 0 Å². The van der Waals surface area contributed by atoms with E-state index in [-0.39, 0.29) is 5.91 Å². The van der Waals surface area contributed by atoms with E-state index in [1.807, 2.05) is 17.2 Å². The summed E-state index contributed by atoms with van der Waals surface area (Å²) in [6.45, 7) is 3.02. The largest absolute Gasteiger partial charge is 0.378 e. The minimum Gasteiger partial charge on any atom is -0.378 e. The third-order valence-electron chi connectivity index (χ3n) is 5.49. The molecule has 0 atom stereocenters. The van der Waals surface area contributed by atoms with Gasteiger partial charge in [-0.15, -0.1) is 0 Å². The summed E-state index contributed by atoms with van der Waals surface area (Å²) in [7, 11) is 0. The predicted molar refractivity (Wildman–Crippen MR) is 104 cm³/mol. The molecular formula is C21H27N3O2. The maximum atomic E-state index is 12.6. The number of carbonyl (C=O) groups is 1. The van der Waals surface area contributed by atoms with Crippen LogP contribution in [0.25, 0.3) is 10.9 Å². The van der Waals surface area contributed by atoms with E-state index >= 15 is 0 Å². The van der Waals surface area contributed by atoms with Gasteiger partial charge in [-0.2, -0.15) is 0 Å².